The summed E-state index contributed by atoms with van der Waals surface area (Å²) < 4.78 is 3.07. The number of nitrogens with one attached hydrogen (secondary N) is 1. The smallest absolute Gasteiger partial charge is 0.358 e. The number of carbonyl (C=O) groups is 1. The van der Waals surface area contributed by atoms with E-state index in [1.165, 1.54) is 16.9 Å². The molecule has 0 bridgehead atoms. The molecule has 10 heteroatoms. The summed E-state index contributed by atoms with van der Waals surface area (Å²) in [6, 6.07) is 8.72. The van der Waals surface area contributed by atoms with E-state index in [1.807, 2.05) is 24.3 Å². The zero-order chi connectivity index (χ0) is 18.5. The van der Waals surface area contributed by atoms with Crippen molar-refractivity contribution in [3.8, 4) is 0 Å². The summed E-state index contributed by atoms with van der Waals surface area (Å²) in [6.45, 7) is 0.808. The Bertz CT molecular complexity index is 918. The number of hydrogen-bond donors (Lipinski definition) is 1. The molecule has 2 heterocycles. The minimum absolute atomic E-state index is 0.140. The number of aromatic nitrogens is 4. The van der Waals surface area contributed by atoms with Gasteiger partial charge in [0.15, 0.2) is 0 Å². The average Bonchev–Trinajstić information content (AvgIpc) is 3.25. The van der Waals surface area contributed by atoms with Crippen LogP contribution in [0.2, 0.25) is 5.02 Å². The predicted molar refractivity (Wildman–Crippen MR) is 94.9 cm³/mol. The Morgan fingerprint density at radius 2 is 2.00 bits per heavy atom. The maximum Gasteiger partial charge on any atom is 0.389 e. The second-order valence-corrected chi connectivity index (χ2v) is 5.98. The Kier molecular flexibility index (Phi) is 5.28. The maximum absolute atomic E-state index is 12.0. The van der Waals surface area contributed by atoms with Crippen LogP contribution in [-0.2, 0) is 17.9 Å². The summed E-state index contributed by atoms with van der Waals surface area (Å²) in [5.74, 6) is -0.469. The lowest BCUT2D eigenvalue weighted by Gasteiger charge is -2.02. The number of amides is 1. The molecule has 134 valence electrons. The fraction of sp³-hybridized carbons (Fsp3) is 0.188. The first-order chi connectivity index (χ1) is 12.5. The maximum atomic E-state index is 12.0. The van der Waals surface area contributed by atoms with Crippen molar-refractivity contribution in [1.29, 1.82) is 0 Å². The lowest BCUT2D eigenvalue weighted by atomic mass is 10.2. The molecule has 0 unspecified atom stereocenters. The summed E-state index contributed by atoms with van der Waals surface area (Å²) >= 11 is 5.86. The molecule has 1 amide bonds. The molecule has 1 N–H and O–H groups in total. The van der Waals surface area contributed by atoms with Gasteiger partial charge in [0.25, 0.3) is 0 Å². The van der Waals surface area contributed by atoms with Gasteiger partial charge in [0, 0.05) is 17.6 Å². The van der Waals surface area contributed by atoms with Crippen molar-refractivity contribution in [3.05, 3.63) is 69.6 Å². The number of nitro groups is 1. The zero-order valence-electron chi connectivity index (χ0n) is 13.6. The van der Waals surface area contributed by atoms with Crippen LogP contribution in [0, 0.1) is 10.1 Å². The van der Waals surface area contributed by atoms with E-state index >= 15 is 0 Å². The van der Waals surface area contributed by atoms with Crippen molar-refractivity contribution < 1.29 is 9.72 Å². The summed E-state index contributed by atoms with van der Waals surface area (Å²) in [5, 5.41) is 21.9. The molecular formula is C16H15ClN6O3. The summed E-state index contributed by atoms with van der Waals surface area (Å²) in [6.07, 6.45) is 4.90. The van der Waals surface area contributed by atoms with Crippen LogP contribution >= 0.6 is 11.6 Å². The highest BCUT2D eigenvalue weighted by Gasteiger charge is 2.12. The monoisotopic (exact) mass is 374 g/mol. The van der Waals surface area contributed by atoms with Crippen molar-refractivity contribution in [2.75, 3.05) is 5.32 Å². The number of carbonyl (C=O) groups excluding carboxylic acids is 1. The van der Waals surface area contributed by atoms with Crippen molar-refractivity contribution in [2.45, 2.75) is 19.5 Å². The van der Waals surface area contributed by atoms with E-state index in [0.29, 0.717) is 17.3 Å². The summed E-state index contributed by atoms with van der Waals surface area (Å²) in [5.41, 5.74) is 1.62. The minimum Gasteiger partial charge on any atom is -0.358 e. The minimum atomic E-state index is -0.578. The van der Waals surface area contributed by atoms with Crippen LogP contribution < -0.4 is 5.32 Å². The van der Waals surface area contributed by atoms with Crippen molar-refractivity contribution >= 4 is 29.0 Å². The van der Waals surface area contributed by atoms with Crippen LogP contribution in [0.3, 0.4) is 0 Å². The van der Waals surface area contributed by atoms with Gasteiger partial charge < -0.3 is 15.4 Å². The van der Waals surface area contributed by atoms with Gasteiger partial charge in [-0.15, -0.1) is 0 Å². The molecule has 9 nitrogen and oxygen atoms in total. The van der Waals surface area contributed by atoms with Crippen molar-refractivity contribution in [1.82, 2.24) is 19.6 Å². The van der Waals surface area contributed by atoms with Gasteiger partial charge in [-0.05, 0) is 22.6 Å². The van der Waals surface area contributed by atoms with Crippen molar-refractivity contribution in [3.63, 3.8) is 0 Å². The van der Waals surface area contributed by atoms with E-state index in [4.69, 9.17) is 11.6 Å². The molecule has 0 fully saturated rings. The Labute approximate surface area is 153 Å². The third kappa shape index (κ3) is 4.67. The largest absolute Gasteiger partial charge is 0.389 e. The second kappa shape index (κ2) is 7.79. The highest BCUT2D eigenvalue weighted by molar-refractivity contribution is 6.30. The first-order valence-corrected chi connectivity index (χ1v) is 8.12. The SMILES string of the molecule is O=C(CCn1ccc([N+](=O)[O-])n1)Nc1cnn(Cc2ccc(Cl)cc2)c1. The summed E-state index contributed by atoms with van der Waals surface area (Å²) in [7, 11) is 0. The van der Waals surface area contributed by atoms with Gasteiger partial charge in [-0.3, -0.25) is 9.48 Å². The molecule has 0 saturated heterocycles. The van der Waals surface area contributed by atoms with Crippen LogP contribution in [0.1, 0.15) is 12.0 Å². The number of aryl methyl sites for hydroxylation is 1. The van der Waals surface area contributed by atoms with Gasteiger partial charge >= 0.3 is 5.82 Å². The van der Waals surface area contributed by atoms with Gasteiger partial charge in [0.2, 0.25) is 5.91 Å². The lowest BCUT2D eigenvalue weighted by Crippen LogP contribution is -2.14. The molecule has 0 saturated carbocycles. The molecule has 0 aliphatic carbocycles. The summed E-state index contributed by atoms with van der Waals surface area (Å²) in [4.78, 5) is 22.0. The molecule has 2 aromatic heterocycles. The third-order valence-corrected chi connectivity index (χ3v) is 3.81. The van der Waals surface area contributed by atoms with Gasteiger partial charge in [-0.25, -0.2) is 0 Å². The number of rotatable bonds is 7. The fourth-order valence-corrected chi connectivity index (χ4v) is 2.43. The highest BCUT2D eigenvalue weighted by Crippen LogP contribution is 2.12. The quantitative estimate of drug-likeness (QED) is 0.505. The lowest BCUT2D eigenvalue weighted by molar-refractivity contribution is -0.389. The molecule has 0 atom stereocenters. The Morgan fingerprint density at radius 1 is 1.23 bits per heavy atom. The molecule has 0 aliphatic rings. The second-order valence-electron chi connectivity index (χ2n) is 5.55. The number of halogens is 1. The van der Waals surface area contributed by atoms with Crippen LogP contribution in [0.25, 0.3) is 0 Å². The normalized spacial score (nSPS) is 10.7. The Hall–Kier alpha value is -3.20. The topological polar surface area (TPSA) is 108 Å². The number of benzene rings is 1. The molecule has 26 heavy (non-hydrogen) atoms. The van der Waals surface area contributed by atoms with Gasteiger partial charge in [0.1, 0.15) is 0 Å². The third-order valence-electron chi connectivity index (χ3n) is 3.56. The highest BCUT2D eigenvalue weighted by atomic mass is 35.5. The molecule has 3 aromatic rings. The molecule has 0 radical (unpaired) electrons. The predicted octanol–water partition coefficient (Wildman–Crippen LogP) is 2.72. The first kappa shape index (κ1) is 17.6. The van der Waals surface area contributed by atoms with Crippen LogP contribution in [0.15, 0.2) is 48.9 Å². The average molecular weight is 375 g/mol. The molecule has 1 aromatic carbocycles. The van der Waals surface area contributed by atoms with E-state index in [9.17, 15) is 14.9 Å². The Balaban J connectivity index is 1.50. The molecule has 0 spiro atoms. The molecule has 3 rings (SSSR count). The fourth-order valence-electron chi connectivity index (χ4n) is 2.30. The van der Waals surface area contributed by atoms with Crippen LogP contribution in [0.4, 0.5) is 11.5 Å². The van der Waals surface area contributed by atoms with Gasteiger partial charge in [-0.1, -0.05) is 23.7 Å². The number of nitrogens with zero attached hydrogens (tertiary/aromatic N) is 5. The van der Waals surface area contributed by atoms with E-state index in [1.54, 1.807) is 17.1 Å². The molecule has 0 aliphatic heterocycles. The van der Waals surface area contributed by atoms with E-state index in [2.05, 4.69) is 15.5 Å². The Morgan fingerprint density at radius 3 is 2.69 bits per heavy atom. The van der Waals surface area contributed by atoms with Crippen LogP contribution in [0.5, 0.6) is 0 Å². The van der Waals surface area contributed by atoms with E-state index < -0.39 is 4.92 Å². The van der Waals surface area contributed by atoms with Crippen molar-refractivity contribution in [2.24, 2.45) is 0 Å². The van der Waals surface area contributed by atoms with Gasteiger partial charge in [0.05, 0.1) is 42.3 Å². The zero-order valence-corrected chi connectivity index (χ0v) is 14.3. The number of anilines is 1. The standard InChI is InChI=1S/C16H15ClN6O3/c17-13-3-1-12(2-4-13)10-22-11-14(9-18-22)19-16(24)6-8-21-7-5-15(20-21)23(25)26/h1-5,7,9,11H,6,8,10H2,(H,19,24). The van der Waals surface area contributed by atoms with E-state index in [-0.39, 0.29) is 24.7 Å². The van der Waals surface area contributed by atoms with E-state index in [0.717, 1.165) is 5.56 Å². The number of hydrogen-bond acceptors (Lipinski definition) is 5. The first-order valence-electron chi connectivity index (χ1n) is 7.74. The molecular weight excluding hydrogens is 360 g/mol. The van der Waals surface area contributed by atoms with Gasteiger partial charge in [-0.2, -0.15) is 9.78 Å². The van der Waals surface area contributed by atoms with Crippen LogP contribution in [-0.4, -0.2) is 30.4 Å².